The van der Waals surface area contributed by atoms with Crippen molar-refractivity contribution in [1.29, 1.82) is 0 Å². The van der Waals surface area contributed by atoms with Crippen LogP contribution >= 0.6 is 0 Å². The van der Waals surface area contributed by atoms with Gasteiger partial charge in [0.15, 0.2) is 0 Å². The molecule has 3 heteroatoms. The molecule has 1 unspecified atom stereocenters. The lowest BCUT2D eigenvalue weighted by atomic mass is 9.97. The molecule has 0 aliphatic carbocycles. The van der Waals surface area contributed by atoms with Crippen molar-refractivity contribution in [3.63, 3.8) is 0 Å². The minimum atomic E-state index is 0.715. The van der Waals surface area contributed by atoms with Gasteiger partial charge in [-0.25, -0.2) is 0 Å². The van der Waals surface area contributed by atoms with Gasteiger partial charge in [0.25, 0.3) is 0 Å². The average molecular weight is 204 g/mol. The van der Waals surface area contributed by atoms with Crippen LogP contribution in [0.1, 0.15) is 25.3 Å². The van der Waals surface area contributed by atoms with E-state index in [0.29, 0.717) is 5.92 Å². The summed E-state index contributed by atoms with van der Waals surface area (Å²) >= 11 is 0. The number of pyridine rings is 1. The molecule has 15 heavy (non-hydrogen) atoms. The second-order valence-corrected chi connectivity index (χ2v) is 4.04. The van der Waals surface area contributed by atoms with E-state index in [1.54, 1.807) is 13.3 Å². The zero-order chi connectivity index (χ0) is 10.7. The lowest BCUT2D eigenvalue weighted by Gasteiger charge is -2.17. The van der Waals surface area contributed by atoms with Crippen molar-refractivity contribution in [1.82, 2.24) is 4.98 Å². The maximum absolute atomic E-state index is 5.15. The molecule has 0 aromatic carbocycles. The summed E-state index contributed by atoms with van der Waals surface area (Å²) in [5.41, 5.74) is 2.26. The van der Waals surface area contributed by atoms with E-state index in [9.17, 15) is 0 Å². The molecule has 0 bridgehead atoms. The van der Waals surface area contributed by atoms with E-state index < -0.39 is 0 Å². The second kappa shape index (κ2) is 4.43. The predicted molar refractivity (Wildman–Crippen MR) is 60.6 cm³/mol. The number of methoxy groups -OCH3 is 1. The lowest BCUT2D eigenvalue weighted by Crippen LogP contribution is -2.14. The minimum Gasteiger partial charge on any atom is -0.495 e. The van der Waals surface area contributed by atoms with Crippen molar-refractivity contribution in [2.24, 2.45) is 10.9 Å². The Morgan fingerprint density at radius 3 is 2.93 bits per heavy atom. The summed E-state index contributed by atoms with van der Waals surface area (Å²) in [5.74, 6) is 1.51. The molecule has 1 atom stereocenters. The van der Waals surface area contributed by atoms with Gasteiger partial charge in [0.05, 0.1) is 13.3 Å². The monoisotopic (exact) mass is 204 g/mol. The van der Waals surface area contributed by atoms with E-state index in [0.717, 1.165) is 24.3 Å². The average Bonchev–Trinajstić information content (AvgIpc) is 2.30. The molecule has 1 aromatic rings. The van der Waals surface area contributed by atoms with Crippen LogP contribution in [-0.4, -0.2) is 24.4 Å². The van der Waals surface area contributed by atoms with Crippen molar-refractivity contribution in [2.45, 2.75) is 19.8 Å². The summed E-state index contributed by atoms with van der Waals surface area (Å²) in [6, 6.07) is 2.00. The first kappa shape index (κ1) is 10.1. The van der Waals surface area contributed by atoms with Crippen LogP contribution in [0.2, 0.25) is 0 Å². The van der Waals surface area contributed by atoms with Gasteiger partial charge in [-0.2, -0.15) is 0 Å². The summed E-state index contributed by atoms with van der Waals surface area (Å²) in [4.78, 5) is 8.72. The van der Waals surface area contributed by atoms with Crippen LogP contribution in [0.4, 0.5) is 0 Å². The highest BCUT2D eigenvalue weighted by molar-refractivity contribution is 6.00. The second-order valence-electron chi connectivity index (χ2n) is 4.04. The molecule has 0 saturated carbocycles. The molecule has 1 aliphatic rings. The minimum absolute atomic E-state index is 0.715. The fourth-order valence-corrected chi connectivity index (χ4v) is 1.74. The highest BCUT2D eigenvalue weighted by Gasteiger charge is 2.13. The molecule has 1 aromatic heterocycles. The molecule has 2 heterocycles. The predicted octanol–water partition coefficient (Wildman–Crippen LogP) is 2.31. The molecule has 1 aliphatic heterocycles. The third kappa shape index (κ3) is 2.35. The first-order valence-electron chi connectivity index (χ1n) is 5.32. The number of ether oxygens (including phenoxy) is 1. The number of aromatic nitrogens is 1. The number of rotatable bonds is 2. The van der Waals surface area contributed by atoms with E-state index >= 15 is 0 Å². The van der Waals surface area contributed by atoms with E-state index in [1.807, 2.05) is 12.3 Å². The molecule has 0 saturated heterocycles. The Hall–Kier alpha value is -1.38. The molecule has 0 fully saturated rings. The van der Waals surface area contributed by atoms with Crippen molar-refractivity contribution >= 4 is 5.71 Å². The van der Waals surface area contributed by atoms with Gasteiger partial charge in [0.2, 0.25) is 0 Å². The van der Waals surface area contributed by atoms with Gasteiger partial charge in [-0.3, -0.25) is 9.98 Å². The van der Waals surface area contributed by atoms with Gasteiger partial charge in [-0.05, 0) is 24.8 Å². The Morgan fingerprint density at radius 2 is 2.27 bits per heavy atom. The van der Waals surface area contributed by atoms with Gasteiger partial charge in [-0.1, -0.05) is 6.92 Å². The zero-order valence-electron chi connectivity index (χ0n) is 9.23. The SMILES string of the molecule is COc1cncc(C2=NCC(C)CC2)c1. The summed E-state index contributed by atoms with van der Waals surface area (Å²) in [6.45, 7) is 3.18. The van der Waals surface area contributed by atoms with Crippen LogP contribution in [0, 0.1) is 5.92 Å². The van der Waals surface area contributed by atoms with Crippen molar-refractivity contribution in [3.05, 3.63) is 24.0 Å². The quantitative estimate of drug-likeness (QED) is 0.740. The Morgan fingerprint density at radius 1 is 1.40 bits per heavy atom. The summed E-state index contributed by atoms with van der Waals surface area (Å²) in [6.07, 6.45) is 5.85. The third-order valence-corrected chi connectivity index (χ3v) is 2.75. The Labute approximate surface area is 90.2 Å². The van der Waals surface area contributed by atoms with Crippen molar-refractivity contribution < 1.29 is 4.74 Å². The number of nitrogens with zero attached hydrogens (tertiary/aromatic N) is 2. The molecular formula is C12H16N2O. The Bertz CT molecular complexity index is 374. The van der Waals surface area contributed by atoms with Crippen LogP contribution in [0.25, 0.3) is 0 Å². The molecule has 2 rings (SSSR count). The lowest BCUT2D eigenvalue weighted by molar-refractivity contribution is 0.412. The smallest absolute Gasteiger partial charge is 0.137 e. The molecule has 0 amide bonds. The van der Waals surface area contributed by atoms with Crippen LogP contribution < -0.4 is 4.74 Å². The maximum Gasteiger partial charge on any atom is 0.137 e. The highest BCUT2D eigenvalue weighted by atomic mass is 16.5. The van der Waals surface area contributed by atoms with Crippen LogP contribution in [0.5, 0.6) is 5.75 Å². The normalized spacial score (nSPS) is 20.9. The standard InChI is InChI=1S/C12H16N2O/c1-9-3-4-12(14-6-9)10-5-11(15-2)8-13-7-10/h5,7-9H,3-4,6H2,1-2H3. The van der Waals surface area contributed by atoms with Crippen LogP contribution in [0.15, 0.2) is 23.5 Å². The summed E-state index contributed by atoms with van der Waals surface area (Å²) < 4.78 is 5.15. The zero-order valence-corrected chi connectivity index (χ0v) is 9.23. The van der Waals surface area contributed by atoms with E-state index in [-0.39, 0.29) is 0 Å². The van der Waals surface area contributed by atoms with E-state index in [4.69, 9.17) is 4.74 Å². The first-order chi connectivity index (χ1) is 7.29. The van der Waals surface area contributed by atoms with Gasteiger partial charge >= 0.3 is 0 Å². The molecule has 0 radical (unpaired) electrons. The maximum atomic E-state index is 5.15. The molecule has 80 valence electrons. The fourth-order valence-electron chi connectivity index (χ4n) is 1.74. The third-order valence-electron chi connectivity index (χ3n) is 2.75. The number of aliphatic imine (C=N–C) groups is 1. The van der Waals surface area contributed by atoms with Gasteiger partial charge in [-0.15, -0.1) is 0 Å². The summed E-state index contributed by atoms with van der Waals surface area (Å²) in [5, 5.41) is 0. The van der Waals surface area contributed by atoms with Gasteiger partial charge in [0, 0.05) is 24.0 Å². The van der Waals surface area contributed by atoms with Gasteiger partial charge in [0.1, 0.15) is 5.75 Å². The fraction of sp³-hybridized carbons (Fsp3) is 0.500. The van der Waals surface area contributed by atoms with Crippen molar-refractivity contribution in [3.8, 4) is 5.75 Å². The summed E-state index contributed by atoms with van der Waals surface area (Å²) in [7, 11) is 1.66. The van der Waals surface area contributed by atoms with Crippen molar-refractivity contribution in [2.75, 3.05) is 13.7 Å². The number of hydrogen-bond acceptors (Lipinski definition) is 3. The largest absolute Gasteiger partial charge is 0.495 e. The highest BCUT2D eigenvalue weighted by Crippen LogP contribution is 2.19. The number of hydrogen-bond donors (Lipinski definition) is 0. The molecule has 3 nitrogen and oxygen atoms in total. The molecule has 0 spiro atoms. The van der Waals surface area contributed by atoms with E-state index in [1.165, 1.54) is 12.1 Å². The van der Waals surface area contributed by atoms with Crippen LogP contribution in [0.3, 0.4) is 0 Å². The molecule has 0 N–H and O–H groups in total. The topological polar surface area (TPSA) is 34.5 Å². The molecular weight excluding hydrogens is 188 g/mol. The Kier molecular flexibility index (Phi) is 2.99. The van der Waals surface area contributed by atoms with Gasteiger partial charge < -0.3 is 4.74 Å². The Balaban J connectivity index is 2.22. The van der Waals surface area contributed by atoms with Crippen LogP contribution in [-0.2, 0) is 0 Å². The first-order valence-corrected chi connectivity index (χ1v) is 5.32. The van der Waals surface area contributed by atoms with E-state index in [2.05, 4.69) is 16.9 Å².